The van der Waals surface area contributed by atoms with Gasteiger partial charge in [0.15, 0.2) is 0 Å². The Hall–Kier alpha value is -1.27. The van der Waals surface area contributed by atoms with E-state index in [4.69, 9.17) is 5.14 Å². The molecule has 1 amide bonds. The number of carbonyl (C=O) groups excluding carboxylic acids is 1. The van der Waals surface area contributed by atoms with Crippen LogP contribution >= 0.6 is 22.6 Å². The van der Waals surface area contributed by atoms with E-state index in [1.54, 1.807) is 0 Å². The fraction of sp³-hybridized carbons (Fsp3) is 0.222. The van der Waals surface area contributed by atoms with Crippen molar-refractivity contribution < 1.29 is 18.1 Å². The van der Waals surface area contributed by atoms with Gasteiger partial charge in [-0.05, 0) is 28.7 Å². The zero-order valence-corrected chi connectivity index (χ0v) is 12.5. The number of primary sulfonamides is 1. The molecule has 104 valence electrons. The topological polar surface area (TPSA) is 132 Å². The number of nitro benzene ring substituents is 1. The zero-order chi connectivity index (χ0) is 14.6. The highest BCUT2D eigenvalue weighted by Gasteiger charge is 2.15. The summed E-state index contributed by atoms with van der Waals surface area (Å²) < 4.78 is 21.9. The van der Waals surface area contributed by atoms with Gasteiger partial charge in [-0.3, -0.25) is 14.9 Å². The number of nitrogens with two attached hydrogens (primary N) is 1. The average Bonchev–Trinajstić information content (AvgIpc) is 2.27. The van der Waals surface area contributed by atoms with E-state index in [1.165, 1.54) is 12.1 Å². The van der Waals surface area contributed by atoms with Crippen LogP contribution < -0.4 is 10.5 Å². The number of hydrogen-bond acceptors (Lipinski definition) is 5. The zero-order valence-electron chi connectivity index (χ0n) is 9.50. The summed E-state index contributed by atoms with van der Waals surface area (Å²) in [5.41, 5.74) is -0.0961. The standard InChI is InChI=1S/C9H10IN3O5S/c10-8-2-1-6(13(15)16)5-7(8)9(14)12-3-4-19(11,17)18/h1-2,5H,3-4H2,(H,12,14)(H2,11,17,18). The summed E-state index contributed by atoms with van der Waals surface area (Å²) in [5.74, 6) is -0.985. The van der Waals surface area contributed by atoms with Crippen LogP contribution in [0.15, 0.2) is 18.2 Å². The maximum absolute atomic E-state index is 11.8. The molecule has 0 radical (unpaired) electrons. The second-order valence-corrected chi connectivity index (χ2v) is 6.44. The molecule has 0 saturated heterocycles. The Kier molecular flexibility index (Phi) is 5.20. The number of amides is 1. The van der Waals surface area contributed by atoms with Gasteiger partial charge in [-0.25, -0.2) is 13.6 Å². The monoisotopic (exact) mass is 399 g/mol. The summed E-state index contributed by atoms with van der Waals surface area (Å²) in [6.07, 6.45) is 0. The minimum absolute atomic E-state index is 0.115. The van der Waals surface area contributed by atoms with Crippen molar-refractivity contribution in [1.29, 1.82) is 0 Å². The summed E-state index contributed by atoms with van der Waals surface area (Å²) in [6, 6.07) is 3.85. The van der Waals surface area contributed by atoms with Crippen LogP contribution in [0.1, 0.15) is 10.4 Å². The molecule has 0 saturated carbocycles. The summed E-state index contributed by atoms with van der Waals surface area (Å²) in [7, 11) is -3.66. The largest absolute Gasteiger partial charge is 0.351 e. The predicted octanol–water partition coefficient (Wildman–Crippen LogP) is 0.218. The lowest BCUT2D eigenvalue weighted by Gasteiger charge is -2.06. The molecule has 0 aromatic heterocycles. The molecule has 10 heteroatoms. The fourth-order valence-electron chi connectivity index (χ4n) is 1.20. The fourth-order valence-corrected chi connectivity index (χ4v) is 2.17. The lowest BCUT2D eigenvalue weighted by molar-refractivity contribution is -0.384. The predicted molar refractivity (Wildman–Crippen MR) is 76.1 cm³/mol. The molecule has 0 heterocycles. The van der Waals surface area contributed by atoms with Gasteiger partial charge in [-0.15, -0.1) is 0 Å². The Bertz CT molecular complexity index is 616. The van der Waals surface area contributed by atoms with Crippen molar-refractivity contribution in [2.75, 3.05) is 12.3 Å². The van der Waals surface area contributed by atoms with E-state index >= 15 is 0 Å². The normalized spacial score (nSPS) is 11.1. The lowest BCUT2D eigenvalue weighted by atomic mass is 10.2. The summed E-state index contributed by atoms with van der Waals surface area (Å²) in [6.45, 7) is -0.156. The van der Waals surface area contributed by atoms with Crippen LogP contribution in [-0.4, -0.2) is 31.5 Å². The van der Waals surface area contributed by atoms with Crippen LogP contribution in [0.4, 0.5) is 5.69 Å². The lowest BCUT2D eigenvalue weighted by Crippen LogP contribution is -2.31. The highest BCUT2D eigenvalue weighted by molar-refractivity contribution is 14.1. The smallest absolute Gasteiger partial charge is 0.270 e. The number of hydrogen-bond donors (Lipinski definition) is 2. The van der Waals surface area contributed by atoms with Crippen molar-refractivity contribution in [3.05, 3.63) is 37.4 Å². The van der Waals surface area contributed by atoms with Gasteiger partial charge in [0, 0.05) is 22.2 Å². The number of nitro groups is 1. The molecule has 1 rings (SSSR count). The van der Waals surface area contributed by atoms with Crippen molar-refractivity contribution in [2.24, 2.45) is 5.14 Å². The first kappa shape index (κ1) is 15.8. The first-order valence-corrected chi connectivity index (χ1v) is 7.73. The molecule has 3 N–H and O–H groups in total. The van der Waals surface area contributed by atoms with Crippen LogP contribution in [0.3, 0.4) is 0 Å². The van der Waals surface area contributed by atoms with E-state index in [9.17, 15) is 23.3 Å². The van der Waals surface area contributed by atoms with Gasteiger partial charge in [0.25, 0.3) is 11.6 Å². The molecule has 8 nitrogen and oxygen atoms in total. The second-order valence-electron chi connectivity index (χ2n) is 3.54. The highest BCUT2D eigenvalue weighted by atomic mass is 127. The van der Waals surface area contributed by atoms with Crippen LogP contribution in [0, 0.1) is 13.7 Å². The van der Waals surface area contributed by atoms with Gasteiger partial charge in [-0.1, -0.05) is 0 Å². The first-order chi connectivity index (χ1) is 8.70. The van der Waals surface area contributed by atoms with Crippen LogP contribution in [0.5, 0.6) is 0 Å². The number of sulfonamides is 1. The number of nitrogens with zero attached hydrogens (tertiary/aromatic N) is 1. The molecule has 0 spiro atoms. The first-order valence-electron chi connectivity index (χ1n) is 4.93. The molecule has 0 atom stereocenters. The van der Waals surface area contributed by atoms with Gasteiger partial charge in [0.05, 0.1) is 16.2 Å². The number of nitrogens with one attached hydrogen (secondary N) is 1. The third kappa shape index (κ3) is 5.08. The van der Waals surface area contributed by atoms with E-state index in [1.807, 2.05) is 22.6 Å². The molecule has 0 bridgehead atoms. The third-order valence-corrected chi connectivity index (χ3v) is 3.79. The van der Waals surface area contributed by atoms with Crippen LogP contribution in [0.25, 0.3) is 0 Å². The number of carbonyl (C=O) groups is 1. The van der Waals surface area contributed by atoms with E-state index in [0.29, 0.717) is 3.57 Å². The number of halogens is 1. The molecule has 0 aliphatic carbocycles. The maximum Gasteiger partial charge on any atom is 0.270 e. The number of benzene rings is 1. The Balaban J connectivity index is 2.82. The quantitative estimate of drug-likeness (QED) is 0.415. The number of non-ortho nitro benzene ring substituents is 1. The van der Waals surface area contributed by atoms with Gasteiger partial charge >= 0.3 is 0 Å². The van der Waals surface area contributed by atoms with E-state index in [-0.39, 0.29) is 17.8 Å². The van der Waals surface area contributed by atoms with E-state index < -0.39 is 26.6 Å². The maximum atomic E-state index is 11.8. The average molecular weight is 399 g/mol. The van der Waals surface area contributed by atoms with E-state index in [2.05, 4.69) is 5.32 Å². The molecule has 19 heavy (non-hydrogen) atoms. The van der Waals surface area contributed by atoms with Crippen LogP contribution in [-0.2, 0) is 10.0 Å². The van der Waals surface area contributed by atoms with Gasteiger partial charge < -0.3 is 5.32 Å². The van der Waals surface area contributed by atoms with Gasteiger partial charge in [-0.2, -0.15) is 0 Å². The summed E-state index contributed by atoms with van der Waals surface area (Å²) in [4.78, 5) is 21.7. The van der Waals surface area contributed by atoms with Crippen molar-refractivity contribution in [3.8, 4) is 0 Å². The molecular weight excluding hydrogens is 389 g/mol. The van der Waals surface area contributed by atoms with Crippen LogP contribution in [0.2, 0.25) is 0 Å². The minimum Gasteiger partial charge on any atom is -0.351 e. The Morgan fingerprint density at radius 3 is 2.63 bits per heavy atom. The Morgan fingerprint density at radius 2 is 2.11 bits per heavy atom. The molecule has 0 aliphatic rings. The second kappa shape index (κ2) is 6.25. The van der Waals surface area contributed by atoms with E-state index in [0.717, 1.165) is 6.07 Å². The number of rotatable bonds is 5. The molecule has 0 fully saturated rings. The molecule has 0 aliphatic heterocycles. The highest BCUT2D eigenvalue weighted by Crippen LogP contribution is 2.19. The molecule has 1 aromatic carbocycles. The molecular formula is C9H10IN3O5S. The Morgan fingerprint density at radius 1 is 1.47 bits per heavy atom. The van der Waals surface area contributed by atoms with Crippen molar-refractivity contribution >= 4 is 44.2 Å². The Labute approximate surface area is 122 Å². The molecule has 0 unspecified atom stereocenters. The third-order valence-electron chi connectivity index (χ3n) is 2.08. The molecule has 1 aromatic rings. The van der Waals surface area contributed by atoms with Crippen molar-refractivity contribution in [2.45, 2.75) is 0 Å². The summed E-state index contributed by atoms with van der Waals surface area (Å²) >= 11 is 1.86. The summed E-state index contributed by atoms with van der Waals surface area (Å²) in [5, 5.41) is 17.7. The van der Waals surface area contributed by atoms with Crippen molar-refractivity contribution in [3.63, 3.8) is 0 Å². The van der Waals surface area contributed by atoms with Crippen molar-refractivity contribution in [1.82, 2.24) is 5.32 Å². The van der Waals surface area contributed by atoms with Gasteiger partial charge in [0.2, 0.25) is 10.0 Å². The minimum atomic E-state index is -3.66. The SMILES string of the molecule is NS(=O)(=O)CCNC(=O)c1cc([N+](=O)[O-])ccc1I. The van der Waals surface area contributed by atoms with Gasteiger partial charge in [0.1, 0.15) is 0 Å².